The molecule has 1 heterocycles. The van der Waals surface area contributed by atoms with Gasteiger partial charge in [0.25, 0.3) is 0 Å². The molecule has 0 unspecified atom stereocenters. The molecule has 3 nitrogen and oxygen atoms in total. The van der Waals surface area contributed by atoms with Gasteiger partial charge in [0.15, 0.2) is 5.16 Å². The fraction of sp³-hybridized carbons (Fsp3) is 0.188. The number of anilines is 1. The monoisotopic (exact) mass is 283 g/mol. The van der Waals surface area contributed by atoms with E-state index in [1.807, 2.05) is 30.3 Å². The Kier molecular flexibility index (Phi) is 3.40. The van der Waals surface area contributed by atoms with Gasteiger partial charge in [-0.2, -0.15) is 0 Å². The Morgan fingerprint density at radius 3 is 2.75 bits per heavy atom. The van der Waals surface area contributed by atoms with E-state index in [9.17, 15) is 0 Å². The second-order valence-electron chi connectivity index (χ2n) is 4.92. The third-order valence-corrected chi connectivity index (χ3v) is 4.53. The van der Waals surface area contributed by atoms with Gasteiger partial charge in [-0.3, -0.25) is 0 Å². The lowest BCUT2D eigenvalue weighted by Crippen LogP contribution is -1.98. The highest BCUT2D eigenvalue weighted by atomic mass is 32.2. The zero-order chi connectivity index (χ0) is 14.1. The lowest BCUT2D eigenvalue weighted by molar-refractivity contribution is 1.08. The van der Waals surface area contributed by atoms with Crippen molar-refractivity contribution in [1.82, 2.24) is 9.97 Å². The molecule has 0 bridgehead atoms. The van der Waals surface area contributed by atoms with Crippen LogP contribution in [0, 0.1) is 13.8 Å². The van der Waals surface area contributed by atoms with Gasteiger partial charge in [0.2, 0.25) is 0 Å². The maximum Gasteiger partial charge on any atom is 0.166 e. The Balaban J connectivity index is 1.84. The number of benzene rings is 2. The molecule has 1 aromatic heterocycles. The topological polar surface area (TPSA) is 54.7 Å². The lowest BCUT2D eigenvalue weighted by Gasteiger charge is -2.10. The molecule has 20 heavy (non-hydrogen) atoms. The summed E-state index contributed by atoms with van der Waals surface area (Å²) in [7, 11) is 0. The number of nitrogen functional groups attached to an aromatic ring is 1. The number of nitrogens with two attached hydrogens (primary N) is 1. The van der Waals surface area contributed by atoms with Crippen LogP contribution < -0.4 is 5.73 Å². The van der Waals surface area contributed by atoms with Gasteiger partial charge in [-0.15, -0.1) is 0 Å². The van der Waals surface area contributed by atoms with Crippen LogP contribution in [0.1, 0.15) is 16.7 Å². The molecule has 0 amide bonds. The van der Waals surface area contributed by atoms with Crippen LogP contribution in [0.15, 0.2) is 41.6 Å². The van der Waals surface area contributed by atoms with Crippen LogP contribution in [0.3, 0.4) is 0 Å². The van der Waals surface area contributed by atoms with Crippen molar-refractivity contribution in [1.29, 1.82) is 0 Å². The highest BCUT2D eigenvalue weighted by Crippen LogP contribution is 2.28. The fourth-order valence-electron chi connectivity index (χ4n) is 2.22. The third-order valence-electron chi connectivity index (χ3n) is 3.63. The maximum atomic E-state index is 6.09. The number of fused-ring (bicyclic) bond motifs is 1. The first-order valence-corrected chi connectivity index (χ1v) is 7.56. The van der Waals surface area contributed by atoms with Crippen LogP contribution in [-0.4, -0.2) is 9.97 Å². The summed E-state index contributed by atoms with van der Waals surface area (Å²) in [6, 6.07) is 12.1. The average Bonchev–Trinajstić information content (AvgIpc) is 2.86. The van der Waals surface area contributed by atoms with Crippen molar-refractivity contribution in [2.24, 2.45) is 0 Å². The number of aromatic nitrogens is 2. The quantitative estimate of drug-likeness (QED) is 0.563. The van der Waals surface area contributed by atoms with E-state index in [1.54, 1.807) is 11.8 Å². The third kappa shape index (κ3) is 2.39. The number of aromatic amines is 1. The summed E-state index contributed by atoms with van der Waals surface area (Å²) in [5.74, 6) is 0.833. The molecule has 0 saturated heterocycles. The molecular weight excluding hydrogens is 266 g/mol. The van der Waals surface area contributed by atoms with E-state index < -0.39 is 0 Å². The first-order chi connectivity index (χ1) is 9.65. The minimum Gasteiger partial charge on any atom is -0.398 e. The summed E-state index contributed by atoms with van der Waals surface area (Å²) in [5, 5.41) is 0.937. The molecule has 3 aromatic rings. The number of nitrogens with zero attached hydrogens (tertiary/aromatic N) is 1. The fourth-order valence-corrected chi connectivity index (χ4v) is 3.23. The van der Waals surface area contributed by atoms with Crippen molar-refractivity contribution >= 4 is 28.5 Å². The van der Waals surface area contributed by atoms with Crippen molar-refractivity contribution in [3.05, 3.63) is 53.1 Å². The highest BCUT2D eigenvalue weighted by molar-refractivity contribution is 7.98. The van der Waals surface area contributed by atoms with Gasteiger partial charge >= 0.3 is 0 Å². The number of nitrogens with one attached hydrogen (secondary N) is 1. The van der Waals surface area contributed by atoms with Crippen molar-refractivity contribution in [3.63, 3.8) is 0 Å². The predicted molar refractivity (Wildman–Crippen MR) is 86.0 cm³/mol. The average molecular weight is 283 g/mol. The number of imidazole rings is 1. The molecule has 0 fully saturated rings. The minimum absolute atomic E-state index is 0.833. The molecule has 0 aliphatic heterocycles. The van der Waals surface area contributed by atoms with E-state index in [4.69, 9.17) is 5.73 Å². The first-order valence-electron chi connectivity index (χ1n) is 6.57. The Bertz CT molecular complexity index is 729. The van der Waals surface area contributed by atoms with Crippen LogP contribution in [-0.2, 0) is 5.75 Å². The molecule has 3 N–H and O–H groups in total. The number of rotatable bonds is 3. The molecule has 102 valence electrons. The number of hydrogen-bond acceptors (Lipinski definition) is 3. The normalized spacial score (nSPS) is 11.1. The molecule has 0 atom stereocenters. The summed E-state index contributed by atoms with van der Waals surface area (Å²) in [5.41, 5.74) is 12.8. The van der Waals surface area contributed by atoms with Crippen molar-refractivity contribution in [2.45, 2.75) is 24.8 Å². The van der Waals surface area contributed by atoms with Gasteiger partial charge in [-0.05, 0) is 48.7 Å². The van der Waals surface area contributed by atoms with Crippen molar-refractivity contribution in [3.8, 4) is 0 Å². The molecule has 0 aliphatic carbocycles. The SMILES string of the molecule is Cc1ccc(N)c(CSc2nc3ccccc3[nH]2)c1C. The van der Waals surface area contributed by atoms with Crippen molar-refractivity contribution in [2.75, 3.05) is 5.73 Å². The van der Waals surface area contributed by atoms with Gasteiger partial charge in [-0.25, -0.2) is 4.98 Å². The minimum atomic E-state index is 0.833. The molecule has 0 saturated carbocycles. The summed E-state index contributed by atoms with van der Waals surface area (Å²) < 4.78 is 0. The van der Waals surface area contributed by atoms with Gasteiger partial charge in [0.1, 0.15) is 0 Å². The zero-order valence-electron chi connectivity index (χ0n) is 11.6. The smallest absolute Gasteiger partial charge is 0.166 e. The Morgan fingerprint density at radius 1 is 1.15 bits per heavy atom. The summed E-state index contributed by atoms with van der Waals surface area (Å²) >= 11 is 1.69. The predicted octanol–water partition coefficient (Wildman–Crippen LogP) is 4.05. The van der Waals surface area contributed by atoms with Crippen LogP contribution in [0.4, 0.5) is 5.69 Å². The second kappa shape index (κ2) is 5.21. The number of para-hydroxylation sites is 2. The molecule has 2 aromatic carbocycles. The van der Waals surface area contributed by atoms with Gasteiger partial charge < -0.3 is 10.7 Å². The summed E-state index contributed by atoms with van der Waals surface area (Å²) in [4.78, 5) is 7.91. The van der Waals surface area contributed by atoms with E-state index in [2.05, 4.69) is 29.9 Å². The van der Waals surface area contributed by atoms with Crippen LogP contribution in [0.5, 0.6) is 0 Å². The van der Waals surface area contributed by atoms with Crippen LogP contribution >= 0.6 is 11.8 Å². The zero-order valence-corrected chi connectivity index (χ0v) is 12.4. The Labute approximate surface area is 122 Å². The highest BCUT2D eigenvalue weighted by Gasteiger charge is 2.08. The van der Waals surface area contributed by atoms with E-state index in [0.29, 0.717) is 0 Å². The molecule has 0 aliphatic rings. The van der Waals surface area contributed by atoms with E-state index in [-0.39, 0.29) is 0 Å². The first kappa shape index (κ1) is 13.1. The molecule has 3 rings (SSSR count). The molecule has 4 heteroatoms. The van der Waals surface area contributed by atoms with E-state index in [0.717, 1.165) is 27.6 Å². The largest absolute Gasteiger partial charge is 0.398 e. The number of aryl methyl sites for hydroxylation is 1. The number of H-pyrrole nitrogens is 1. The summed E-state index contributed by atoms with van der Waals surface area (Å²) in [6.45, 7) is 4.24. The Hall–Kier alpha value is -1.94. The second-order valence-corrected chi connectivity index (χ2v) is 5.89. The van der Waals surface area contributed by atoms with Gasteiger partial charge in [0, 0.05) is 11.4 Å². The van der Waals surface area contributed by atoms with E-state index >= 15 is 0 Å². The van der Waals surface area contributed by atoms with Gasteiger partial charge in [-0.1, -0.05) is 30.0 Å². The van der Waals surface area contributed by atoms with Crippen LogP contribution in [0.25, 0.3) is 11.0 Å². The molecule has 0 spiro atoms. The van der Waals surface area contributed by atoms with Crippen molar-refractivity contribution < 1.29 is 0 Å². The standard InChI is InChI=1S/C16H17N3S/c1-10-7-8-13(17)12(11(10)2)9-20-16-18-14-5-3-4-6-15(14)19-16/h3-8H,9,17H2,1-2H3,(H,18,19). The summed E-state index contributed by atoms with van der Waals surface area (Å²) in [6.07, 6.45) is 0. The van der Waals surface area contributed by atoms with E-state index in [1.165, 1.54) is 16.7 Å². The van der Waals surface area contributed by atoms with Gasteiger partial charge in [0.05, 0.1) is 11.0 Å². The maximum absolute atomic E-state index is 6.09. The lowest BCUT2D eigenvalue weighted by atomic mass is 10.0. The molecular formula is C16H17N3S. The number of thioether (sulfide) groups is 1. The van der Waals surface area contributed by atoms with Crippen LogP contribution in [0.2, 0.25) is 0 Å². The molecule has 0 radical (unpaired) electrons. The number of hydrogen-bond donors (Lipinski definition) is 2. The Morgan fingerprint density at radius 2 is 1.95 bits per heavy atom.